The Balaban J connectivity index is 0.00000218. The van der Waals surface area contributed by atoms with Crippen molar-refractivity contribution in [3.05, 3.63) is 69.8 Å². The molecule has 158 valence electrons. The lowest BCUT2D eigenvalue weighted by Gasteiger charge is -2.37. The number of hydrogen-bond acceptors (Lipinski definition) is 3. The molecule has 0 radical (unpaired) electrons. The Hall–Kier alpha value is -2.57. The van der Waals surface area contributed by atoms with Gasteiger partial charge >= 0.3 is 0 Å². The van der Waals surface area contributed by atoms with E-state index in [0.717, 1.165) is 36.4 Å². The summed E-state index contributed by atoms with van der Waals surface area (Å²) in [5.74, 6) is 0.563. The van der Waals surface area contributed by atoms with Crippen molar-refractivity contribution in [2.75, 3.05) is 19.6 Å². The van der Waals surface area contributed by atoms with Gasteiger partial charge in [-0.05, 0) is 55.5 Å². The molecule has 1 fully saturated rings. The van der Waals surface area contributed by atoms with Crippen LogP contribution in [0.25, 0.3) is 10.9 Å². The maximum Gasteiger partial charge on any atom is 0.263 e. The van der Waals surface area contributed by atoms with Crippen molar-refractivity contribution < 1.29 is 4.79 Å². The minimum absolute atomic E-state index is 0. The van der Waals surface area contributed by atoms with Crippen molar-refractivity contribution in [1.82, 2.24) is 19.8 Å². The van der Waals surface area contributed by atoms with Crippen molar-refractivity contribution in [1.29, 1.82) is 0 Å². The van der Waals surface area contributed by atoms with Crippen molar-refractivity contribution in [2.24, 2.45) is 5.92 Å². The lowest BCUT2D eigenvalue weighted by Crippen LogP contribution is -2.46. The third-order valence-corrected chi connectivity index (χ3v) is 6.39. The van der Waals surface area contributed by atoms with Gasteiger partial charge in [0.25, 0.3) is 11.5 Å². The second-order valence-corrected chi connectivity index (χ2v) is 8.30. The Labute approximate surface area is 181 Å². The molecule has 5 rings (SSSR count). The minimum atomic E-state index is -0.284. The van der Waals surface area contributed by atoms with Crippen molar-refractivity contribution in [2.45, 2.75) is 32.4 Å². The topological polar surface area (TPSA) is 68.1 Å². The lowest BCUT2D eigenvalue weighted by molar-refractivity contribution is 0.0949. The largest absolute Gasteiger partial charge is 0.350 e. The number of aryl methyl sites for hydroxylation is 1. The zero-order valence-corrected chi connectivity index (χ0v) is 17.9. The quantitative estimate of drug-likeness (QED) is 0.674. The summed E-state index contributed by atoms with van der Waals surface area (Å²) in [5, 5.41) is 7.59. The van der Waals surface area contributed by atoms with Crippen LogP contribution in [-0.2, 0) is 13.1 Å². The van der Waals surface area contributed by atoms with E-state index in [-0.39, 0.29) is 29.4 Å². The average molecular weight is 427 g/mol. The SMILES string of the molecule is Cc1cc2ccccc2n1CCNC(=O)c1ccc2n(c1=O)C[C@@H]1CNC[C@H]2C1.Cl. The monoisotopic (exact) mass is 426 g/mol. The highest BCUT2D eigenvalue weighted by atomic mass is 35.5. The van der Waals surface area contributed by atoms with E-state index in [2.05, 4.69) is 40.3 Å². The van der Waals surface area contributed by atoms with E-state index in [0.29, 0.717) is 31.5 Å². The Morgan fingerprint density at radius 2 is 2.03 bits per heavy atom. The fraction of sp³-hybridized carbons (Fsp3) is 0.391. The normalized spacial score (nSPS) is 19.8. The molecule has 2 N–H and O–H groups in total. The summed E-state index contributed by atoms with van der Waals surface area (Å²) >= 11 is 0. The standard InChI is InChI=1S/C23H26N4O2.ClH/c1-15-10-17-4-2-3-5-20(17)26(15)9-8-25-22(28)19-6-7-21-18-11-16(12-24-13-18)14-27(21)23(19)29;/h2-7,10,16,18,24H,8-9,11-14H2,1H3,(H,25,28);1H/t16-,18+;/m0./s1. The zero-order chi connectivity index (χ0) is 20.0. The van der Waals surface area contributed by atoms with Crippen molar-refractivity contribution >= 4 is 29.2 Å². The summed E-state index contributed by atoms with van der Waals surface area (Å²) in [6, 6.07) is 14.1. The van der Waals surface area contributed by atoms with Gasteiger partial charge < -0.3 is 19.8 Å². The third kappa shape index (κ3) is 3.55. The Kier molecular flexibility index (Phi) is 5.71. The van der Waals surface area contributed by atoms with Gasteiger partial charge in [-0.2, -0.15) is 0 Å². The highest BCUT2D eigenvalue weighted by molar-refractivity contribution is 5.93. The number of aromatic nitrogens is 2. The number of halogens is 1. The minimum Gasteiger partial charge on any atom is -0.350 e. The van der Waals surface area contributed by atoms with Crippen LogP contribution < -0.4 is 16.2 Å². The van der Waals surface area contributed by atoms with Crippen molar-refractivity contribution in [3.63, 3.8) is 0 Å². The molecular weight excluding hydrogens is 400 g/mol. The van der Waals surface area contributed by atoms with Crippen LogP contribution in [0.2, 0.25) is 0 Å². The van der Waals surface area contributed by atoms with E-state index in [1.165, 1.54) is 5.39 Å². The lowest BCUT2D eigenvalue weighted by atomic mass is 9.84. The molecule has 3 aromatic rings. The summed E-state index contributed by atoms with van der Waals surface area (Å²) in [7, 11) is 0. The molecule has 6 nitrogen and oxygen atoms in total. The highest BCUT2D eigenvalue weighted by Crippen LogP contribution is 2.31. The van der Waals surface area contributed by atoms with Crippen LogP contribution in [-0.4, -0.2) is 34.7 Å². The summed E-state index contributed by atoms with van der Waals surface area (Å²) in [4.78, 5) is 25.7. The number of nitrogens with one attached hydrogen (secondary N) is 2. The number of pyridine rings is 1. The molecule has 4 heterocycles. The van der Waals surface area contributed by atoms with Crippen LogP contribution in [0.1, 0.15) is 34.1 Å². The molecule has 2 atom stereocenters. The molecule has 2 aliphatic rings. The van der Waals surface area contributed by atoms with E-state index in [1.807, 2.05) is 22.8 Å². The summed E-state index contributed by atoms with van der Waals surface area (Å²) in [6.07, 6.45) is 1.13. The number of para-hydroxylation sites is 1. The predicted octanol–water partition coefficient (Wildman–Crippen LogP) is 2.67. The van der Waals surface area contributed by atoms with Crippen LogP contribution >= 0.6 is 12.4 Å². The average Bonchev–Trinajstić information content (AvgIpc) is 3.04. The van der Waals surface area contributed by atoms with Gasteiger partial charge in [-0.15, -0.1) is 12.4 Å². The van der Waals surface area contributed by atoms with E-state index >= 15 is 0 Å². The summed E-state index contributed by atoms with van der Waals surface area (Å²) in [5.41, 5.74) is 3.47. The van der Waals surface area contributed by atoms with Crippen LogP contribution in [0, 0.1) is 12.8 Å². The fourth-order valence-electron chi connectivity index (χ4n) is 4.99. The number of amides is 1. The first kappa shape index (κ1) is 20.7. The summed E-state index contributed by atoms with van der Waals surface area (Å²) < 4.78 is 4.03. The number of hydrogen-bond donors (Lipinski definition) is 2. The molecule has 0 saturated carbocycles. The third-order valence-electron chi connectivity index (χ3n) is 6.39. The number of fused-ring (bicyclic) bond motifs is 5. The number of nitrogens with zero attached hydrogens (tertiary/aromatic N) is 2. The number of piperidine rings is 1. The molecule has 0 unspecified atom stereocenters. The van der Waals surface area contributed by atoms with Gasteiger partial charge in [0.1, 0.15) is 5.56 Å². The van der Waals surface area contributed by atoms with Gasteiger partial charge in [-0.25, -0.2) is 0 Å². The first-order chi connectivity index (χ1) is 14.1. The Morgan fingerprint density at radius 1 is 1.20 bits per heavy atom. The van der Waals surface area contributed by atoms with Crippen molar-refractivity contribution in [3.8, 4) is 0 Å². The second kappa shape index (κ2) is 8.28. The van der Waals surface area contributed by atoms with E-state index < -0.39 is 0 Å². The Morgan fingerprint density at radius 3 is 2.90 bits per heavy atom. The maximum absolute atomic E-state index is 13.0. The van der Waals surface area contributed by atoms with E-state index in [9.17, 15) is 9.59 Å². The number of carbonyl (C=O) groups excluding carboxylic acids is 1. The zero-order valence-electron chi connectivity index (χ0n) is 17.1. The summed E-state index contributed by atoms with van der Waals surface area (Å²) in [6.45, 7) is 5.79. The second-order valence-electron chi connectivity index (χ2n) is 8.30. The van der Waals surface area contributed by atoms with Gasteiger partial charge in [0, 0.05) is 49.0 Å². The van der Waals surface area contributed by atoms with Gasteiger partial charge in [0.05, 0.1) is 0 Å². The molecular formula is C23H27ClN4O2. The molecule has 7 heteroatoms. The fourth-order valence-corrected chi connectivity index (χ4v) is 4.99. The molecule has 2 aromatic heterocycles. The van der Waals surface area contributed by atoms with Crippen LogP contribution in [0.5, 0.6) is 0 Å². The van der Waals surface area contributed by atoms with E-state index in [1.54, 1.807) is 6.07 Å². The van der Waals surface area contributed by atoms with Gasteiger partial charge in [0.15, 0.2) is 0 Å². The van der Waals surface area contributed by atoms with Gasteiger partial charge in [-0.3, -0.25) is 9.59 Å². The van der Waals surface area contributed by atoms with Gasteiger partial charge in [-0.1, -0.05) is 18.2 Å². The number of benzene rings is 1. The smallest absolute Gasteiger partial charge is 0.263 e. The molecule has 1 amide bonds. The highest BCUT2D eigenvalue weighted by Gasteiger charge is 2.31. The first-order valence-corrected chi connectivity index (χ1v) is 10.4. The molecule has 30 heavy (non-hydrogen) atoms. The van der Waals surface area contributed by atoms with Crippen LogP contribution in [0.3, 0.4) is 0 Å². The van der Waals surface area contributed by atoms with Crippen LogP contribution in [0.15, 0.2) is 47.3 Å². The molecule has 2 aliphatic heterocycles. The van der Waals surface area contributed by atoms with Gasteiger partial charge in [0.2, 0.25) is 0 Å². The first-order valence-electron chi connectivity index (χ1n) is 10.4. The molecule has 0 spiro atoms. The van der Waals surface area contributed by atoms with E-state index in [4.69, 9.17) is 0 Å². The number of rotatable bonds is 4. The molecule has 2 bridgehead atoms. The predicted molar refractivity (Wildman–Crippen MR) is 121 cm³/mol. The molecule has 0 aliphatic carbocycles. The molecule has 1 saturated heterocycles. The van der Waals surface area contributed by atoms with Crippen LogP contribution in [0.4, 0.5) is 0 Å². The number of carbonyl (C=O) groups is 1. The Bertz CT molecular complexity index is 1150. The maximum atomic E-state index is 13.0. The molecule has 1 aromatic carbocycles.